The summed E-state index contributed by atoms with van der Waals surface area (Å²) in [5.74, 6) is 0.866. The molecule has 0 bridgehead atoms. The molecule has 0 spiro atoms. The van der Waals surface area contributed by atoms with Crippen molar-refractivity contribution in [2.24, 2.45) is 0 Å². The lowest BCUT2D eigenvalue weighted by Gasteiger charge is -2.03. The Balaban J connectivity index is 2.05. The fourth-order valence-corrected chi connectivity index (χ4v) is 2.23. The number of hydrogen-bond donors (Lipinski definition) is 0. The minimum atomic E-state index is 0.470. The van der Waals surface area contributed by atoms with Gasteiger partial charge in [-0.3, -0.25) is 0 Å². The van der Waals surface area contributed by atoms with Gasteiger partial charge in [-0.2, -0.15) is 11.3 Å². The van der Waals surface area contributed by atoms with Crippen molar-refractivity contribution in [1.82, 2.24) is 14.8 Å². The van der Waals surface area contributed by atoms with Gasteiger partial charge in [-0.1, -0.05) is 0 Å². The summed E-state index contributed by atoms with van der Waals surface area (Å²) in [6.07, 6.45) is 0.974. The number of aromatic nitrogens is 3. The normalized spacial score (nSPS) is 10.7. The van der Waals surface area contributed by atoms with E-state index in [9.17, 15) is 0 Å². The van der Waals surface area contributed by atoms with E-state index in [4.69, 9.17) is 11.6 Å². The molecule has 0 saturated carbocycles. The van der Waals surface area contributed by atoms with E-state index in [1.165, 1.54) is 5.56 Å². The lowest BCUT2D eigenvalue weighted by molar-refractivity contribution is 0.674. The summed E-state index contributed by atoms with van der Waals surface area (Å²) in [5, 5.41) is 12.4. The van der Waals surface area contributed by atoms with Gasteiger partial charge in [0.15, 0.2) is 0 Å². The average molecular weight is 228 g/mol. The standard InChI is InChI=1S/C9H10ClN3S/c1-7-11-12-9(10)13(7)4-2-8-3-5-14-6-8/h3,5-6H,2,4H2,1H3. The van der Waals surface area contributed by atoms with E-state index in [0.717, 1.165) is 18.8 Å². The van der Waals surface area contributed by atoms with Crippen molar-refractivity contribution in [3.8, 4) is 0 Å². The van der Waals surface area contributed by atoms with E-state index in [-0.39, 0.29) is 0 Å². The second-order valence-electron chi connectivity index (χ2n) is 3.05. The van der Waals surface area contributed by atoms with Crippen molar-refractivity contribution in [2.45, 2.75) is 19.9 Å². The highest BCUT2D eigenvalue weighted by Gasteiger charge is 2.05. The molecule has 3 nitrogen and oxygen atoms in total. The molecule has 0 fully saturated rings. The summed E-state index contributed by atoms with van der Waals surface area (Å²) < 4.78 is 1.92. The first-order valence-corrected chi connectivity index (χ1v) is 5.66. The molecule has 2 aromatic heterocycles. The molecule has 2 rings (SSSR count). The fourth-order valence-electron chi connectivity index (χ4n) is 1.28. The number of halogens is 1. The van der Waals surface area contributed by atoms with Crippen LogP contribution in [0, 0.1) is 6.92 Å². The Bertz CT molecular complexity index is 388. The lowest BCUT2D eigenvalue weighted by atomic mass is 10.2. The third kappa shape index (κ3) is 1.96. The van der Waals surface area contributed by atoms with Crippen LogP contribution in [-0.2, 0) is 13.0 Å². The van der Waals surface area contributed by atoms with Crippen molar-refractivity contribution in [3.05, 3.63) is 33.5 Å². The van der Waals surface area contributed by atoms with Gasteiger partial charge in [0.2, 0.25) is 5.28 Å². The molecule has 0 saturated heterocycles. The molecule has 14 heavy (non-hydrogen) atoms. The molecule has 0 aliphatic carbocycles. The van der Waals surface area contributed by atoms with Crippen molar-refractivity contribution in [2.75, 3.05) is 0 Å². The summed E-state index contributed by atoms with van der Waals surface area (Å²) in [5.41, 5.74) is 1.33. The largest absolute Gasteiger partial charge is 0.302 e. The number of nitrogens with zero attached hydrogens (tertiary/aromatic N) is 3. The van der Waals surface area contributed by atoms with Gasteiger partial charge in [0.05, 0.1) is 0 Å². The van der Waals surface area contributed by atoms with Gasteiger partial charge in [0.1, 0.15) is 5.82 Å². The van der Waals surface area contributed by atoms with E-state index in [2.05, 4.69) is 27.0 Å². The molecule has 2 heterocycles. The van der Waals surface area contributed by atoms with E-state index in [0.29, 0.717) is 5.28 Å². The van der Waals surface area contributed by atoms with Crippen LogP contribution in [-0.4, -0.2) is 14.8 Å². The molecular weight excluding hydrogens is 218 g/mol. The Hall–Kier alpha value is -0.870. The molecule has 0 N–H and O–H groups in total. The van der Waals surface area contributed by atoms with Crippen LogP contribution in [0.3, 0.4) is 0 Å². The van der Waals surface area contributed by atoms with Crippen LogP contribution < -0.4 is 0 Å². The Morgan fingerprint density at radius 2 is 2.36 bits per heavy atom. The monoisotopic (exact) mass is 227 g/mol. The SMILES string of the molecule is Cc1nnc(Cl)n1CCc1ccsc1. The highest BCUT2D eigenvalue weighted by molar-refractivity contribution is 7.07. The maximum absolute atomic E-state index is 5.88. The first-order valence-electron chi connectivity index (χ1n) is 4.34. The quantitative estimate of drug-likeness (QED) is 0.807. The van der Waals surface area contributed by atoms with Crippen molar-refractivity contribution >= 4 is 22.9 Å². The Morgan fingerprint density at radius 1 is 1.50 bits per heavy atom. The average Bonchev–Trinajstić information content (AvgIpc) is 2.76. The van der Waals surface area contributed by atoms with Gasteiger partial charge in [-0.25, -0.2) is 0 Å². The molecule has 5 heteroatoms. The number of aryl methyl sites for hydroxylation is 2. The van der Waals surface area contributed by atoms with Crippen LogP contribution in [0.15, 0.2) is 16.8 Å². The van der Waals surface area contributed by atoms with Crippen molar-refractivity contribution < 1.29 is 0 Å². The molecule has 0 atom stereocenters. The van der Waals surface area contributed by atoms with Crippen molar-refractivity contribution in [1.29, 1.82) is 0 Å². The zero-order valence-electron chi connectivity index (χ0n) is 7.77. The second-order valence-corrected chi connectivity index (χ2v) is 4.17. The van der Waals surface area contributed by atoms with Crippen molar-refractivity contribution in [3.63, 3.8) is 0 Å². The van der Waals surface area contributed by atoms with Gasteiger partial charge in [0.25, 0.3) is 0 Å². The maximum Gasteiger partial charge on any atom is 0.225 e. The molecule has 0 aromatic carbocycles. The summed E-state index contributed by atoms with van der Waals surface area (Å²) in [6, 6.07) is 2.12. The van der Waals surface area contributed by atoms with Gasteiger partial charge in [-0.15, -0.1) is 10.2 Å². The number of hydrogen-bond acceptors (Lipinski definition) is 3. The predicted molar refractivity (Wildman–Crippen MR) is 57.8 cm³/mol. The first-order chi connectivity index (χ1) is 6.77. The molecule has 0 aliphatic rings. The van der Waals surface area contributed by atoms with Crippen LogP contribution in [0.1, 0.15) is 11.4 Å². The Morgan fingerprint density at radius 3 is 2.93 bits per heavy atom. The summed E-state index contributed by atoms with van der Waals surface area (Å²) >= 11 is 7.59. The van der Waals surface area contributed by atoms with E-state index in [1.807, 2.05) is 11.5 Å². The van der Waals surface area contributed by atoms with Crippen LogP contribution >= 0.6 is 22.9 Å². The molecule has 0 amide bonds. The molecule has 0 aliphatic heterocycles. The molecular formula is C9H10ClN3S. The van der Waals surface area contributed by atoms with Gasteiger partial charge in [0, 0.05) is 6.54 Å². The van der Waals surface area contributed by atoms with E-state index in [1.54, 1.807) is 11.3 Å². The fraction of sp³-hybridized carbons (Fsp3) is 0.333. The summed E-state index contributed by atoms with van der Waals surface area (Å²) in [6.45, 7) is 2.75. The highest BCUT2D eigenvalue weighted by Crippen LogP contribution is 2.11. The second kappa shape index (κ2) is 4.11. The zero-order valence-corrected chi connectivity index (χ0v) is 9.35. The molecule has 74 valence electrons. The van der Waals surface area contributed by atoms with Gasteiger partial charge in [-0.05, 0) is 47.3 Å². The Labute approximate surface area is 91.4 Å². The lowest BCUT2D eigenvalue weighted by Crippen LogP contribution is -2.03. The highest BCUT2D eigenvalue weighted by atomic mass is 35.5. The smallest absolute Gasteiger partial charge is 0.225 e. The number of rotatable bonds is 3. The van der Waals surface area contributed by atoms with E-state index >= 15 is 0 Å². The maximum atomic E-state index is 5.88. The Kier molecular flexibility index (Phi) is 2.84. The van der Waals surface area contributed by atoms with Gasteiger partial charge >= 0.3 is 0 Å². The zero-order chi connectivity index (χ0) is 9.97. The first kappa shape index (κ1) is 9.68. The minimum Gasteiger partial charge on any atom is -0.302 e. The topological polar surface area (TPSA) is 30.7 Å². The van der Waals surface area contributed by atoms with Crippen LogP contribution in [0.5, 0.6) is 0 Å². The predicted octanol–water partition coefficient (Wildman–Crippen LogP) is 2.54. The molecule has 0 radical (unpaired) electrons. The summed E-state index contributed by atoms with van der Waals surface area (Å²) in [4.78, 5) is 0. The molecule has 0 unspecified atom stereocenters. The van der Waals surface area contributed by atoms with Crippen LogP contribution in [0.25, 0.3) is 0 Å². The number of thiophene rings is 1. The third-order valence-corrected chi connectivity index (χ3v) is 3.11. The van der Waals surface area contributed by atoms with E-state index < -0.39 is 0 Å². The minimum absolute atomic E-state index is 0.470. The third-order valence-electron chi connectivity index (χ3n) is 2.09. The molecule has 2 aromatic rings. The summed E-state index contributed by atoms with van der Waals surface area (Å²) in [7, 11) is 0. The van der Waals surface area contributed by atoms with Crippen LogP contribution in [0.4, 0.5) is 0 Å². The van der Waals surface area contributed by atoms with Gasteiger partial charge < -0.3 is 4.57 Å². The van der Waals surface area contributed by atoms with Crippen LogP contribution in [0.2, 0.25) is 5.28 Å².